The molecule has 0 aliphatic heterocycles. The van der Waals surface area contributed by atoms with Crippen LogP contribution in [0.25, 0.3) is 21.9 Å². The molecule has 0 aliphatic carbocycles. The Bertz CT molecular complexity index is 1050. The fraction of sp³-hybridized carbons (Fsp3) is 0.250. The molecule has 0 aliphatic rings. The van der Waals surface area contributed by atoms with Crippen LogP contribution in [0.5, 0.6) is 0 Å². The van der Waals surface area contributed by atoms with Crippen molar-refractivity contribution in [2.75, 3.05) is 0 Å². The van der Waals surface area contributed by atoms with Gasteiger partial charge in [0.1, 0.15) is 17.2 Å². The number of para-hydroxylation sites is 1. The lowest BCUT2D eigenvalue weighted by molar-refractivity contribution is -0.120. The van der Waals surface area contributed by atoms with Crippen LogP contribution in [0.3, 0.4) is 0 Å². The third-order valence-electron chi connectivity index (χ3n) is 4.19. The molecule has 0 bridgehead atoms. The van der Waals surface area contributed by atoms with Gasteiger partial charge < -0.3 is 15.5 Å². The second-order valence-electron chi connectivity index (χ2n) is 6.70. The van der Waals surface area contributed by atoms with E-state index >= 15 is 0 Å². The molecule has 3 rings (SSSR count). The number of hydrogen-bond donors (Lipinski definition) is 2. The molecule has 1 aromatic heterocycles. The lowest BCUT2D eigenvalue weighted by Crippen LogP contribution is -2.45. The summed E-state index contributed by atoms with van der Waals surface area (Å²) >= 11 is 0. The Morgan fingerprint density at radius 2 is 1.77 bits per heavy atom. The molecule has 2 aromatic carbocycles. The van der Waals surface area contributed by atoms with Gasteiger partial charge in [-0.15, -0.1) is 0 Å². The van der Waals surface area contributed by atoms with Crippen molar-refractivity contribution < 1.29 is 14.0 Å². The molecular weight excluding hydrogens is 332 g/mol. The van der Waals surface area contributed by atoms with E-state index in [1.54, 1.807) is 36.4 Å². The molecule has 0 saturated heterocycles. The third kappa shape index (κ3) is 3.44. The van der Waals surface area contributed by atoms with Crippen molar-refractivity contribution in [3.8, 4) is 0 Å². The van der Waals surface area contributed by atoms with Gasteiger partial charge in [-0.2, -0.15) is 0 Å². The highest BCUT2D eigenvalue weighted by Crippen LogP contribution is 2.19. The van der Waals surface area contributed by atoms with Crippen LogP contribution in [0.15, 0.2) is 51.7 Å². The van der Waals surface area contributed by atoms with E-state index in [4.69, 9.17) is 10.2 Å². The van der Waals surface area contributed by atoms with Crippen LogP contribution in [0, 0.1) is 5.92 Å². The predicted molar refractivity (Wildman–Crippen MR) is 99.9 cm³/mol. The lowest BCUT2D eigenvalue weighted by atomic mass is 10.0. The van der Waals surface area contributed by atoms with E-state index in [-0.39, 0.29) is 16.9 Å². The van der Waals surface area contributed by atoms with Crippen LogP contribution in [-0.4, -0.2) is 17.9 Å². The zero-order chi connectivity index (χ0) is 18.8. The predicted octanol–water partition coefficient (Wildman–Crippen LogP) is 2.58. The summed E-state index contributed by atoms with van der Waals surface area (Å²) in [6.07, 6.45) is 0.446. The molecular formula is C20H20N2O4. The molecule has 134 valence electrons. The standard InChI is InChI=1S/C20H20N2O4/c1-11(2)9-15(19(21)24)22-20(25)12-7-8-17-14(10-12)18(23)13-5-3-4-6-16(13)26-17/h3-8,10-11,15H,9H2,1-2H3,(H2,21,24)(H,22,25). The normalized spacial score (nSPS) is 12.4. The van der Waals surface area contributed by atoms with E-state index in [1.807, 2.05) is 13.8 Å². The van der Waals surface area contributed by atoms with E-state index in [2.05, 4.69) is 5.32 Å². The van der Waals surface area contributed by atoms with Gasteiger partial charge in [-0.1, -0.05) is 26.0 Å². The molecule has 0 radical (unpaired) electrons. The van der Waals surface area contributed by atoms with Gasteiger partial charge in [-0.3, -0.25) is 14.4 Å². The minimum Gasteiger partial charge on any atom is -0.456 e. The Labute approximate surface area is 150 Å². The van der Waals surface area contributed by atoms with Crippen molar-refractivity contribution in [2.24, 2.45) is 11.7 Å². The lowest BCUT2D eigenvalue weighted by Gasteiger charge is -2.17. The number of amides is 2. The Balaban J connectivity index is 1.99. The molecule has 1 atom stereocenters. The van der Waals surface area contributed by atoms with Crippen molar-refractivity contribution in [1.82, 2.24) is 5.32 Å². The van der Waals surface area contributed by atoms with Crippen LogP contribution < -0.4 is 16.5 Å². The summed E-state index contributed by atoms with van der Waals surface area (Å²) in [5.74, 6) is -0.843. The maximum absolute atomic E-state index is 12.7. The topological polar surface area (TPSA) is 102 Å². The average Bonchev–Trinajstić information content (AvgIpc) is 2.60. The number of fused-ring (bicyclic) bond motifs is 2. The number of primary amides is 1. The summed E-state index contributed by atoms with van der Waals surface area (Å²) < 4.78 is 5.73. The fourth-order valence-electron chi connectivity index (χ4n) is 2.90. The van der Waals surface area contributed by atoms with Crippen molar-refractivity contribution in [2.45, 2.75) is 26.3 Å². The van der Waals surface area contributed by atoms with Gasteiger partial charge in [-0.05, 0) is 42.7 Å². The molecule has 6 heteroatoms. The Morgan fingerprint density at radius 3 is 2.46 bits per heavy atom. The van der Waals surface area contributed by atoms with Crippen LogP contribution in [0.4, 0.5) is 0 Å². The van der Waals surface area contributed by atoms with E-state index in [1.165, 1.54) is 6.07 Å². The SMILES string of the molecule is CC(C)CC(NC(=O)c1ccc2oc3ccccc3c(=O)c2c1)C(N)=O. The molecule has 0 saturated carbocycles. The summed E-state index contributed by atoms with van der Waals surface area (Å²) in [5, 5.41) is 3.41. The molecule has 6 nitrogen and oxygen atoms in total. The highest BCUT2D eigenvalue weighted by atomic mass is 16.3. The van der Waals surface area contributed by atoms with Gasteiger partial charge in [0.2, 0.25) is 11.3 Å². The van der Waals surface area contributed by atoms with Crippen LogP contribution in [-0.2, 0) is 4.79 Å². The fourth-order valence-corrected chi connectivity index (χ4v) is 2.90. The molecule has 26 heavy (non-hydrogen) atoms. The van der Waals surface area contributed by atoms with E-state index in [0.717, 1.165) is 0 Å². The second-order valence-corrected chi connectivity index (χ2v) is 6.70. The van der Waals surface area contributed by atoms with Gasteiger partial charge in [0.05, 0.1) is 10.8 Å². The maximum Gasteiger partial charge on any atom is 0.251 e. The second kappa shape index (κ2) is 7.00. The van der Waals surface area contributed by atoms with Crippen molar-refractivity contribution in [3.05, 3.63) is 58.3 Å². The summed E-state index contributed by atoms with van der Waals surface area (Å²) in [5.41, 5.74) is 6.33. The Kier molecular flexibility index (Phi) is 4.75. The molecule has 3 aromatic rings. The first-order chi connectivity index (χ1) is 12.4. The summed E-state index contributed by atoms with van der Waals surface area (Å²) in [6.45, 7) is 3.88. The number of benzene rings is 2. The highest BCUT2D eigenvalue weighted by molar-refractivity contribution is 6.01. The highest BCUT2D eigenvalue weighted by Gasteiger charge is 2.20. The first kappa shape index (κ1) is 17.7. The molecule has 2 amide bonds. The minimum absolute atomic E-state index is 0.197. The number of rotatable bonds is 5. The molecule has 1 unspecified atom stereocenters. The van der Waals surface area contributed by atoms with Crippen molar-refractivity contribution >= 4 is 33.8 Å². The van der Waals surface area contributed by atoms with Crippen LogP contribution >= 0.6 is 0 Å². The van der Waals surface area contributed by atoms with E-state index in [0.29, 0.717) is 28.4 Å². The van der Waals surface area contributed by atoms with Crippen molar-refractivity contribution in [3.63, 3.8) is 0 Å². The number of carbonyl (C=O) groups is 2. The maximum atomic E-state index is 12.7. The number of nitrogens with two attached hydrogens (primary N) is 1. The van der Waals surface area contributed by atoms with Gasteiger partial charge in [0, 0.05) is 5.56 Å². The molecule has 0 fully saturated rings. The van der Waals surface area contributed by atoms with Gasteiger partial charge in [0.15, 0.2) is 0 Å². The zero-order valence-corrected chi connectivity index (χ0v) is 14.6. The number of hydrogen-bond acceptors (Lipinski definition) is 4. The number of carbonyl (C=O) groups excluding carboxylic acids is 2. The largest absolute Gasteiger partial charge is 0.456 e. The smallest absolute Gasteiger partial charge is 0.251 e. The summed E-state index contributed by atoms with van der Waals surface area (Å²) in [7, 11) is 0. The van der Waals surface area contributed by atoms with E-state index < -0.39 is 17.9 Å². The molecule has 0 spiro atoms. The average molecular weight is 352 g/mol. The molecule has 1 heterocycles. The first-order valence-electron chi connectivity index (χ1n) is 8.42. The summed E-state index contributed by atoms with van der Waals surface area (Å²) in [6, 6.07) is 10.8. The Hall–Kier alpha value is -3.15. The zero-order valence-electron chi connectivity index (χ0n) is 14.6. The number of nitrogens with one attached hydrogen (secondary N) is 1. The first-order valence-corrected chi connectivity index (χ1v) is 8.42. The van der Waals surface area contributed by atoms with Gasteiger partial charge >= 0.3 is 0 Å². The quantitative estimate of drug-likeness (QED) is 0.689. The third-order valence-corrected chi connectivity index (χ3v) is 4.19. The van der Waals surface area contributed by atoms with Gasteiger partial charge in [-0.25, -0.2) is 0 Å². The minimum atomic E-state index is -0.758. The van der Waals surface area contributed by atoms with Gasteiger partial charge in [0.25, 0.3) is 5.91 Å². The van der Waals surface area contributed by atoms with Crippen molar-refractivity contribution in [1.29, 1.82) is 0 Å². The Morgan fingerprint density at radius 1 is 1.08 bits per heavy atom. The summed E-state index contributed by atoms with van der Waals surface area (Å²) in [4.78, 5) is 36.7. The van der Waals surface area contributed by atoms with Crippen LogP contribution in [0.2, 0.25) is 0 Å². The van der Waals surface area contributed by atoms with Crippen LogP contribution in [0.1, 0.15) is 30.6 Å². The van der Waals surface area contributed by atoms with E-state index in [9.17, 15) is 14.4 Å². The molecule has 3 N–H and O–H groups in total. The monoisotopic (exact) mass is 352 g/mol.